The van der Waals surface area contributed by atoms with Crippen LogP contribution in [0, 0.1) is 59.2 Å². The number of nitrogens with zero attached hydrogens (tertiary/aromatic N) is 5. The van der Waals surface area contributed by atoms with Crippen molar-refractivity contribution < 1.29 is 155 Å². The summed E-state index contributed by atoms with van der Waals surface area (Å²) in [4.78, 5) is 148. The Labute approximate surface area is 649 Å². The molecule has 6 aliphatic rings. The van der Waals surface area contributed by atoms with Gasteiger partial charge in [-0.3, -0.25) is 53.1 Å². The molecule has 6 aliphatic heterocycles. The number of phosphoric acid groups is 1. The Morgan fingerprint density at radius 1 is 0.824 bits per heavy atom. The molecule has 32 nitrogen and oxygen atoms in total. The van der Waals surface area contributed by atoms with Crippen LogP contribution in [0.2, 0.25) is 0 Å². The number of hydrogen-bond acceptors (Lipinski definition) is 23. The number of aliphatic imine (C=N–C) groups is 3. The molecule has 18 N–H and O–H groups in total. The van der Waals surface area contributed by atoms with Crippen LogP contribution in [0.4, 0.5) is 4.79 Å². The Bertz CT molecular complexity index is 3880. The molecule has 8 amide bonds. The number of allylic oxidation sites excluding steroid dienone is 6. The molecule has 2 aromatic rings. The van der Waals surface area contributed by atoms with Gasteiger partial charge in [-0.1, -0.05) is 34.6 Å². The summed E-state index contributed by atoms with van der Waals surface area (Å²) < 4.78 is 31.9. The van der Waals surface area contributed by atoms with E-state index < -0.39 is 161 Å². The largest absolute Gasteiger partial charge is 1.00 e. The number of rotatable bonds is 29. The number of thiol groups is 1. The van der Waals surface area contributed by atoms with Gasteiger partial charge in [-0.25, -0.2) is 9.78 Å². The summed E-state index contributed by atoms with van der Waals surface area (Å²) in [7, 11) is -5.32. The van der Waals surface area contributed by atoms with Gasteiger partial charge in [0.1, 0.15) is 18.3 Å². The van der Waals surface area contributed by atoms with Crippen LogP contribution >= 0.6 is 20.5 Å². The third kappa shape index (κ3) is 18.4. The number of hydrogen-bond donors (Lipinski definition) is 13. The van der Waals surface area contributed by atoms with Gasteiger partial charge in [0.05, 0.1) is 53.7 Å². The fourth-order valence-electron chi connectivity index (χ4n) is 15.8. The van der Waals surface area contributed by atoms with Gasteiger partial charge < -0.3 is 98.8 Å². The monoisotopic (exact) mass is 1530 g/mol. The summed E-state index contributed by atoms with van der Waals surface area (Å²) >= 11 is 3.58. The summed E-state index contributed by atoms with van der Waals surface area (Å²) in [6.07, 6.45) is -5.97. The van der Waals surface area contributed by atoms with E-state index in [0.717, 1.165) is 11.1 Å². The van der Waals surface area contributed by atoms with E-state index in [-0.39, 0.29) is 151 Å². The van der Waals surface area contributed by atoms with E-state index in [9.17, 15) is 67.9 Å². The Kier molecular flexibility index (Phi) is 29.1. The van der Waals surface area contributed by atoms with Gasteiger partial charge in [-0.15, -0.1) is 0 Å². The molecule has 8 rings (SSSR count). The van der Waals surface area contributed by atoms with Crippen LogP contribution in [0.5, 0.6) is 0 Å². The van der Waals surface area contributed by atoms with Crippen molar-refractivity contribution >= 4 is 102 Å². The Hall–Kier alpha value is -5.77. The zero-order chi connectivity index (χ0) is 74.9. The predicted molar refractivity (Wildman–Crippen MR) is 365 cm³/mol. The predicted octanol–water partition coefficient (Wildman–Crippen LogP) is -2.16. The molecule has 559 valence electrons. The Balaban J connectivity index is 0.00000145. The first-order chi connectivity index (χ1) is 46.4. The molecule has 0 aliphatic carbocycles. The molecule has 1 radical (unpaired) electrons. The zero-order valence-corrected chi connectivity index (χ0v) is 65.4. The minimum absolute atomic E-state index is 0. The molecule has 0 saturated carbocycles. The van der Waals surface area contributed by atoms with E-state index in [1.807, 2.05) is 87.4 Å². The summed E-state index contributed by atoms with van der Waals surface area (Å²) in [5, 5.41) is 47.9. The van der Waals surface area contributed by atoms with E-state index in [0.29, 0.717) is 56.4 Å². The molecular formula is C66H95CoKN14O18PS-. The van der Waals surface area contributed by atoms with Gasteiger partial charge in [-0.2, -0.15) is 12.6 Å². The minimum Gasteiger partial charge on any atom is -0.756 e. The second kappa shape index (κ2) is 34.2. The number of phosphoric ester groups is 1. The van der Waals surface area contributed by atoms with Crippen molar-refractivity contribution in [1.82, 2.24) is 25.5 Å². The number of aliphatic hydroxyl groups excluding tert-OH is 2. The third-order valence-corrected chi connectivity index (χ3v) is 22.8. The molecule has 8 bridgehead atoms. The number of aryl methyl sites for hydroxylation is 2. The standard InChI is InChI=1S/C62H90N13O14P.C4H7NO4S.Co.K/c1-29-20-39-40(21-30(29)2)75(28-70-39)57-52(84)53(41(27-76)87-57)89-90(85,86)88-31(3)26-69-49(83)18-19-59(8)37(22-46(66)80)56-62(11)61(10,25-48(68)82)36(14-17-45(65)79)51(74-62)33(5)55-60(9,24-47(67)81)34(12-15-43(63)77)38(71-55)23-42-58(6,7)35(13-16-44(64)78)50(72-42)32(4)54(59)73-56;6-3(7)2(1-10)5-4(8)9;;/h20-21,23,28,31,34-37,41,52-53,56-57,71,76,84H,12-19,22,24-27H2,1-11H3,(H2,63,77)(H2,64,78)(H2,65,79)(H2,66,80)(H2,67,81)(H2,68,82)(H,69,83)(H,85,86);2,5,10H,1H2,(H,6,7)(H,8,9);;/q;;;+1/p-2/b38-23-,50-32-,55-33-;;;/t31?,34-,35-,36-,37?,41-,52-,53+,56?,57+,59-,60+,61+,62?;2-;;/m10../s1. The molecular weight excluding hydrogens is 1440 g/mol. The van der Waals surface area contributed by atoms with E-state index in [4.69, 9.17) is 68.3 Å². The normalized spacial score (nSPS) is 31.4. The number of aromatic nitrogens is 2. The summed E-state index contributed by atoms with van der Waals surface area (Å²) in [6.45, 7) is 19.1. The maximum absolute atomic E-state index is 14.4. The number of carbonyl (C=O) groups excluding carboxylic acids is 8. The van der Waals surface area contributed by atoms with E-state index in [1.54, 1.807) is 5.32 Å². The van der Waals surface area contributed by atoms with Crippen LogP contribution in [0.25, 0.3) is 11.0 Å². The first-order valence-electron chi connectivity index (χ1n) is 32.9. The van der Waals surface area contributed by atoms with Crippen molar-refractivity contribution in [3.8, 4) is 0 Å². The van der Waals surface area contributed by atoms with Crippen molar-refractivity contribution in [2.24, 2.45) is 94.7 Å². The number of nitrogens with one attached hydrogen (secondary N) is 3. The Morgan fingerprint density at radius 2 is 1.40 bits per heavy atom. The minimum atomic E-state index is -5.32. The van der Waals surface area contributed by atoms with Crippen molar-refractivity contribution in [3.05, 3.63) is 63.9 Å². The van der Waals surface area contributed by atoms with Crippen molar-refractivity contribution in [2.75, 3.05) is 18.9 Å². The van der Waals surface area contributed by atoms with Crippen LogP contribution in [0.1, 0.15) is 150 Å². The second-order valence-corrected chi connectivity index (χ2v) is 30.2. The molecule has 2 saturated heterocycles. The van der Waals surface area contributed by atoms with Crippen molar-refractivity contribution in [2.45, 2.75) is 195 Å². The summed E-state index contributed by atoms with van der Waals surface area (Å²) in [5.74, 6) is -8.83. The van der Waals surface area contributed by atoms with Gasteiger partial charge in [0.2, 0.25) is 41.4 Å². The molecule has 1 aromatic carbocycles. The first-order valence-corrected chi connectivity index (χ1v) is 35.0. The first kappa shape index (κ1) is 86.9. The number of nitrogens with two attached hydrogens (primary N) is 6. The number of benzene rings is 1. The Morgan fingerprint density at radius 3 is 1.93 bits per heavy atom. The van der Waals surface area contributed by atoms with E-state index in [2.05, 4.69) is 28.2 Å². The maximum Gasteiger partial charge on any atom is 1.00 e. The number of aliphatic hydroxyl groups is 2. The van der Waals surface area contributed by atoms with Gasteiger partial charge in [0.15, 0.2) is 6.23 Å². The van der Waals surface area contributed by atoms with Crippen molar-refractivity contribution in [1.29, 1.82) is 0 Å². The average Bonchev–Trinajstić information content (AvgIpc) is 1.53. The topological polar surface area (TPSA) is 552 Å². The van der Waals surface area contributed by atoms with Gasteiger partial charge in [0.25, 0.3) is 7.82 Å². The van der Waals surface area contributed by atoms with Gasteiger partial charge in [-0.05, 0) is 108 Å². The molecule has 7 heterocycles. The number of fused-ring (bicyclic) bond motifs is 7. The SMILES string of the molecule is C/C1=C2N=C(/C=C3\N/C(=C(/C)C4=NC(C)(C5N=C1[C@](C)(CCC(=O)NCC(C)OP(=O)([O-])O[C@@H]1[C@@H](O)[C@@H](n6cnc7cc(C)c(C)cc76)O[C@@H]1CO)C5CC(N)=O)[C@@](C)(CC(N)=O)[C@@H]4CCC(N)=O)[C@@](C)(CC(N)=O)[C@@H]3CCC(N)=O)C(C)(C)[C@@H]/2CCC(N)=O.O=C(O)N[C@@H](CS)C(=O)[O-].[Co].[K+]. The van der Waals surface area contributed by atoms with Gasteiger partial charge >= 0.3 is 57.5 Å². The number of imidazole rings is 1. The molecule has 1 aromatic heterocycles. The van der Waals surface area contributed by atoms with Gasteiger partial charge in [0, 0.05) is 154 Å². The molecule has 102 heavy (non-hydrogen) atoms. The number of carboxylic acid groups (broad SMARTS) is 2. The molecule has 5 unspecified atom stereocenters. The fourth-order valence-corrected chi connectivity index (χ4v) is 17.1. The van der Waals surface area contributed by atoms with Crippen molar-refractivity contribution in [3.63, 3.8) is 0 Å². The molecule has 2 fully saturated rings. The third-order valence-electron chi connectivity index (χ3n) is 21.3. The second-order valence-electron chi connectivity index (χ2n) is 28.6. The molecule has 16 atom stereocenters. The van der Waals surface area contributed by atoms with Crippen LogP contribution in [0.3, 0.4) is 0 Å². The number of amides is 8. The smallest absolute Gasteiger partial charge is 0.756 e. The maximum atomic E-state index is 14.4. The number of carboxylic acids is 1. The summed E-state index contributed by atoms with van der Waals surface area (Å²) in [6, 6.07) is 1.43. The molecule has 0 spiro atoms. The van der Waals surface area contributed by atoms with Crippen LogP contribution in [-0.2, 0) is 73.5 Å². The average molecular weight is 1530 g/mol. The number of aliphatic carboxylic acids is 1. The van der Waals surface area contributed by atoms with E-state index in [1.165, 1.54) is 17.8 Å². The van der Waals surface area contributed by atoms with Crippen LogP contribution in [0.15, 0.2) is 67.8 Å². The van der Waals surface area contributed by atoms with Crippen LogP contribution in [-0.4, -0.2) is 156 Å². The van der Waals surface area contributed by atoms with Crippen LogP contribution < -0.4 is 112 Å². The number of ether oxygens (including phenoxy) is 1. The van der Waals surface area contributed by atoms with E-state index >= 15 is 0 Å². The quantitative estimate of drug-likeness (QED) is 0.0234. The number of carbonyl (C=O) groups is 9. The molecule has 36 heteroatoms. The number of primary amides is 6. The zero-order valence-electron chi connectivity index (χ0n) is 59.5. The summed E-state index contributed by atoms with van der Waals surface area (Å²) in [5.41, 5.74) is 37.2. The fraction of sp³-hybridized carbons (Fsp3) is 0.621.